The molecule has 0 saturated heterocycles. The molecule has 1 aliphatic heterocycles. The average molecular weight is 295 g/mol. The minimum absolute atomic E-state index is 0.0347. The predicted octanol–water partition coefficient (Wildman–Crippen LogP) is 1.80. The first-order valence-electron chi connectivity index (χ1n) is 7.34. The summed E-state index contributed by atoms with van der Waals surface area (Å²) in [4.78, 5) is 0.453. The Kier molecular flexibility index (Phi) is 3.84. The molecule has 1 aromatic carbocycles. The number of rotatable bonds is 2. The van der Waals surface area contributed by atoms with E-state index in [1.165, 1.54) is 0 Å². The molecule has 1 aromatic rings. The molecule has 0 bridgehead atoms. The summed E-state index contributed by atoms with van der Waals surface area (Å²) in [7, 11) is -3.13. The summed E-state index contributed by atoms with van der Waals surface area (Å²) in [5, 5.41) is 13.6. The number of aliphatic hydroxyl groups excluding tert-OH is 1. The maximum atomic E-state index is 12.1. The van der Waals surface area contributed by atoms with Crippen molar-refractivity contribution in [1.82, 2.24) is 5.32 Å². The average Bonchev–Trinajstić information content (AvgIpc) is 2.44. The van der Waals surface area contributed by atoms with Gasteiger partial charge in [-0.15, -0.1) is 0 Å². The van der Waals surface area contributed by atoms with E-state index in [4.69, 9.17) is 0 Å². The second kappa shape index (κ2) is 5.47. The molecule has 2 N–H and O–H groups in total. The molecule has 0 aromatic heterocycles. The molecule has 1 fully saturated rings. The van der Waals surface area contributed by atoms with Crippen molar-refractivity contribution >= 4 is 9.84 Å². The Hall–Kier alpha value is -0.910. The fourth-order valence-corrected chi connectivity index (χ4v) is 4.95. The van der Waals surface area contributed by atoms with Crippen LogP contribution in [0, 0.1) is 0 Å². The van der Waals surface area contributed by atoms with Crippen LogP contribution >= 0.6 is 0 Å². The highest BCUT2D eigenvalue weighted by Gasteiger charge is 2.33. The minimum Gasteiger partial charge on any atom is -0.392 e. The Morgan fingerprint density at radius 2 is 1.85 bits per heavy atom. The maximum Gasteiger partial charge on any atom is 0.178 e. The van der Waals surface area contributed by atoms with Crippen molar-refractivity contribution < 1.29 is 13.5 Å². The van der Waals surface area contributed by atoms with Gasteiger partial charge in [0.25, 0.3) is 0 Å². The molecule has 0 spiro atoms. The molecule has 20 heavy (non-hydrogen) atoms. The summed E-state index contributed by atoms with van der Waals surface area (Å²) >= 11 is 0. The normalized spacial score (nSPS) is 32.5. The van der Waals surface area contributed by atoms with E-state index in [1.54, 1.807) is 12.1 Å². The fourth-order valence-electron chi connectivity index (χ4n) is 3.33. The van der Waals surface area contributed by atoms with Crippen molar-refractivity contribution in [3.05, 3.63) is 29.8 Å². The van der Waals surface area contributed by atoms with Crippen molar-refractivity contribution in [1.29, 1.82) is 0 Å². The third kappa shape index (κ3) is 2.62. The van der Waals surface area contributed by atoms with Gasteiger partial charge < -0.3 is 10.4 Å². The van der Waals surface area contributed by atoms with Gasteiger partial charge in [-0.2, -0.15) is 0 Å². The van der Waals surface area contributed by atoms with Gasteiger partial charge in [-0.25, -0.2) is 8.42 Å². The first-order chi connectivity index (χ1) is 9.58. The van der Waals surface area contributed by atoms with Gasteiger partial charge in [0.05, 0.1) is 16.8 Å². The van der Waals surface area contributed by atoms with Crippen LogP contribution in [0.4, 0.5) is 0 Å². The van der Waals surface area contributed by atoms with Gasteiger partial charge >= 0.3 is 0 Å². The summed E-state index contributed by atoms with van der Waals surface area (Å²) < 4.78 is 24.2. The lowest BCUT2D eigenvalue weighted by Gasteiger charge is -2.34. The van der Waals surface area contributed by atoms with Crippen molar-refractivity contribution in [2.45, 2.75) is 55.2 Å². The molecule has 110 valence electrons. The zero-order valence-corrected chi connectivity index (χ0v) is 12.3. The lowest BCUT2D eigenvalue weighted by atomic mass is 9.91. The van der Waals surface area contributed by atoms with Gasteiger partial charge in [0.15, 0.2) is 9.84 Å². The molecule has 0 amide bonds. The number of hydrogen-bond acceptors (Lipinski definition) is 4. The monoisotopic (exact) mass is 295 g/mol. The summed E-state index contributed by atoms with van der Waals surface area (Å²) in [6, 6.07) is 7.35. The van der Waals surface area contributed by atoms with Gasteiger partial charge in [0.2, 0.25) is 0 Å². The van der Waals surface area contributed by atoms with Gasteiger partial charge in [-0.1, -0.05) is 31.0 Å². The molecule has 2 aliphatic rings. The number of benzene rings is 1. The highest BCUT2D eigenvalue weighted by molar-refractivity contribution is 7.91. The first kappa shape index (κ1) is 14.0. The van der Waals surface area contributed by atoms with E-state index in [0.29, 0.717) is 11.3 Å². The highest BCUT2D eigenvalue weighted by atomic mass is 32.2. The Balaban J connectivity index is 1.85. The van der Waals surface area contributed by atoms with Crippen LogP contribution in [-0.4, -0.2) is 31.4 Å². The van der Waals surface area contributed by atoms with Crippen LogP contribution in [0.5, 0.6) is 0 Å². The Morgan fingerprint density at radius 1 is 1.10 bits per heavy atom. The van der Waals surface area contributed by atoms with Crippen LogP contribution in [0.3, 0.4) is 0 Å². The van der Waals surface area contributed by atoms with Crippen LogP contribution < -0.4 is 5.32 Å². The molecule has 5 heteroatoms. The van der Waals surface area contributed by atoms with E-state index in [-0.39, 0.29) is 23.9 Å². The molecule has 4 nitrogen and oxygen atoms in total. The third-order valence-electron chi connectivity index (χ3n) is 4.45. The second-order valence-corrected chi connectivity index (χ2v) is 7.90. The number of hydrogen-bond donors (Lipinski definition) is 2. The van der Waals surface area contributed by atoms with E-state index >= 15 is 0 Å². The van der Waals surface area contributed by atoms with E-state index in [0.717, 1.165) is 31.2 Å². The van der Waals surface area contributed by atoms with Crippen LogP contribution in [0.25, 0.3) is 0 Å². The number of aliphatic hydroxyl groups is 1. The van der Waals surface area contributed by atoms with Crippen molar-refractivity contribution in [3.8, 4) is 0 Å². The summed E-state index contributed by atoms with van der Waals surface area (Å²) in [6.07, 6.45) is 4.28. The number of nitrogens with one attached hydrogen (secondary N) is 1. The van der Waals surface area contributed by atoms with Gasteiger partial charge in [0, 0.05) is 12.1 Å². The van der Waals surface area contributed by atoms with Crippen LogP contribution in [0.15, 0.2) is 29.2 Å². The smallest absolute Gasteiger partial charge is 0.178 e. The summed E-state index contributed by atoms with van der Waals surface area (Å²) in [5.74, 6) is 0.185. The molecular formula is C15H21NO3S. The molecular weight excluding hydrogens is 274 g/mol. The van der Waals surface area contributed by atoms with Crippen LogP contribution in [-0.2, 0) is 9.84 Å². The van der Waals surface area contributed by atoms with Gasteiger partial charge in [0.1, 0.15) is 0 Å². The zero-order valence-electron chi connectivity index (χ0n) is 11.5. The molecule has 3 rings (SSSR count). The number of sulfone groups is 1. The Morgan fingerprint density at radius 3 is 2.65 bits per heavy atom. The predicted molar refractivity (Wildman–Crippen MR) is 77.3 cm³/mol. The lowest BCUT2D eigenvalue weighted by Crippen LogP contribution is -2.45. The summed E-state index contributed by atoms with van der Waals surface area (Å²) in [6.45, 7) is 0. The molecule has 3 unspecified atom stereocenters. The fraction of sp³-hybridized carbons (Fsp3) is 0.600. The van der Waals surface area contributed by atoms with E-state index in [9.17, 15) is 13.5 Å². The van der Waals surface area contributed by atoms with E-state index in [2.05, 4.69) is 5.32 Å². The highest BCUT2D eigenvalue weighted by Crippen LogP contribution is 2.33. The van der Waals surface area contributed by atoms with E-state index < -0.39 is 9.84 Å². The molecule has 0 radical (unpaired) electrons. The van der Waals surface area contributed by atoms with Crippen molar-refractivity contribution in [2.75, 3.05) is 5.75 Å². The molecule has 1 aliphatic carbocycles. The van der Waals surface area contributed by atoms with Crippen molar-refractivity contribution in [3.63, 3.8) is 0 Å². The van der Waals surface area contributed by atoms with Crippen LogP contribution in [0.2, 0.25) is 0 Å². The largest absolute Gasteiger partial charge is 0.392 e. The first-order valence-corrected chi connectivity index (χ1v) is 8.99. The van der Waals surface area contributed by atoms with Crippen molar-refractivity contribution in [2.24, 2.45) is 0 Å². The van der Waals surface area contributed by atoms with Gasteiger partial charge in [-0.05, 0) is 30.9 Å². The third-order valence-corrected chi connectivity index (χ3v) is 6.26. The molecule has 1 saturated carbocycles. The Bertz CT molecular complexity index is 585. The minimum atomic E-state index is -3.13. The second-order valence-electron chi connectivity index (χ2n) is 5.82. The standard InChI is InChI=1S/C15H21NO3S/c17-14-7-3-2-6-13(14)16-12-9-10-20(18,19)15-8-4-1-5-11(12)15/h1,4-5,8,12-14,16-17H,2-3,6-7,9-10H2. The molecule has 3 atom stereocenters. The van der Waals surface area contributed by atoms with E-state index in [1.807, 2.05) is 12.1 Å². The maximum absolute atomic E-state index is 12.1. The lowest BCUT2D eigenvalue weighted by molar-refractivity contribution is 0.0841. The van der Waals surface area contributed by atoms with Gasteiger partial charge in [-0.3, -0.25) is 0 Å². The molecule has 1 heterocycles. The quantitative estimate of drug-likeness (QED) is 0.873. The zero-order chi connectivity index (χ0) is 14.2. The summed E-state index contributed by atoms with van der Waals surface area (Å²) in [5.41, 5.74) is 0.858. The number of fused-ring (bicyclic) bond motifs is 1. The van der Waals surface area contributed by atoms with Crippen LogP contribution in [0.1, 0.15) is 43.7 Å². The SMILES string of the molecule is O=S1(=O)CCC(NC2CCCCC2O)c2ccccc21. The Labute approximate surface area is 120 Å². The topological polar surface area (TPSA) is 66.4 Å².